The molecular weight excluding hydrogens is 241 g/mol. The van der Waals surface area contributed by atoms with Gasteiger partial charge >= 0.3 is 0 Å². The Hall–Kier alpha value is -1.87. The van der Waals surface area contributed by atoms with Crippen LogP contribution in [0.1, 0.15) is 24.1 Å². The molecule has 3 heteroatoms. The number of rotatable bonds is 4. The molecule has 1 N–H and O–H groups in total. The lowest BCUT2D eigenvalue weighted by Gasteiger charge is -2.12. The molecule has 0 aliphatic heterocycles. The Bertz CT molecular complexity index is 551. The van der Waals surface area contributed by atoms with Gasteiger partial charge in [-0.25, -0.2) is 4.39 Å². The summed E-state index contributed by atoms with van der Waals surface area (Å²) < 4.78 is 19.1. The minimum Gasteiger partial charge on any atom is -0.454 e. The van der Waals surface area contributed by atoms with Crippen LogP contribution >= 0.6 is 0 Å². The van der Waals surface area contributed by atoms with Gasteiger partial charge in [0.2, 0.25) is 0 Å². The van der Waals surface area contributed by atoms with Gasteiger partial charge < -0.3 is 10.1 Å². The summed E-state index contributed by atoms with van der Waals surface area (Å²) in [5, 5.41) is 3.17. The van der Waals surface area contributed by atoms with E-state index in [2.05, 4.69) is 12.2 Å². The first-order valence-corrected chi connectivity index (χ1v) is 6.31. The van der Waals surface area contributed by atoms with Crippen LogP contribution in [-0.2, 0) is 0 Å². The van der Waals surface area contributed by atoms with E-state index in [-0.39, 0.29) is 17.6 Å². The molecule has 2 aromatic rings. The van der Waals surface area contributed by atoms with Gasteiger partial charge in [0.15, 0.2) is 11.6 Å². The molecule has 19 heavy (non-hydrogen) atoms. The Morgan fingerprint density at radius 3 is 2.42 bits per heavy atom. The monoisotopic (exact) mass is 259 g/mol. The number of hydrogen-bond donors (Lipinski definition) is 1. The van der Waals surface area contributed by atoms with E-state index >= 15 is 0 Å². The van der Waals surface area contributed by atoms with E-state index < -0.39 is 0 Å². The van der Waals surface area contributed by atoms with Crippen LogP contribution in [0.3, 0.4) is 0 Å². The van der Waals surface area contributed by atoms with Crippen LogP contribution in [0.15, 0.2) is 42.5 Å². The van der Waals surface area contributed by atoms with Crippen molar-refractivity contribution in [3.8, 4) is 11.5 Å². The van der Waals surface area contributed by atoms with Crippen LogP contribution < -0.4 is 10.1 Å². The molecule has 100 valence electrons. The Kier molecular flexibility index (Phi) is 4.17. The fourth-order valence-corrected chi connectivity index (χ4v) is 1.81. The van der Waals surface area contributed by atoms with Crippen molar-refractivity contribution in [3.63, 3.8) is 0 Å². The molecule has 0 bridgehead atoms. The Labute approximate surface area is 113 Å². The molecule has 0 fully saturated rings. The largest absolute Gasteiger partial charge is 0.454 e. The lowest BCUT2D eigenvalue weighted by Crippen LogP contribution is -2.11. The van der Waals surface area contributed by atoms with Crippen LogP contribution in [-0.4, -0.2) is 7.05 Å². The van der Waals surface area contributed by atoms with E-state index in [0.29, 0.717) is 5.75 Å². The summed E-state index contributed by atoms with van der Waals surface area (Å²) in [6.07, 6.45) is 0. The second-order valence-electron chi connectivity index (χ2n) is 4.62. The van der Waals surface area contributed by atoms with Crippen LogP contribution in [0.2, 0.25) is 0 Å². The molecule has 0 aliphatic rings. The highest BCUT2D eigenvalue weighted by atomic mass is 19.1. The van der Waals surface area contributed by atoms with Crippen LogP contribution in [0.5, 0.6) is 11.5 Å². The first kappa shape index (κ1) is 13.6. The second kappa shape index (κ2) is 5.85. The molecule has 2 nitrogen and oxygen atoms in total. The molecule has 0 amide bonds. The predicted molar refractivity (Wildman–Crippen MR) is 75.1 cm³/mol. The van der Waals surface area contributed by atoms with Crippen LogP contribution in [0, 0.1) is 12.7 Å². The van der Waals surface area contributed by atoms with Crippen molar-refractivity contribution in [3.05, 3.63) is 59.4 Å². The maximum absolute atomic E-state index is 13.6. The van der Waals surface area contributed by atoms with Gasteiger partial charge in [-0.15, -0.1) is 0 Å². The van der Waals surface area contributed by atoms with Crippen LogP contribution in [0.25, 0.3) is 0 Å². The molecular formula is C16H18FNO. The van der Waals surface area contributed by atoms with Gasteiger partial charge in [0, 0.05) is 6.04 Å². The summed E-state index contributed by atoms with van der Waals surface area (Å²) >= 11 is 0. The lowest BCUT2D eigenvalue weighted by molar-refractivity contribution is 0.441. The SMILES string of the molecule is CNC(C)c1ccc(Oc2cc(C)ccc2F)cc1. The smallest absolute Gasteiger partial charge is 0.165 e. The van der Waals surface area contributed by atoms with Crippen molar-refractivity contribution in [1.29, 1.82) is 0 Å². The first-order chi connectivity index (χ1) is 9.10. The van der Waals surface area contributed by atoms with E-state index in [4.69, 9.17) is 4.74 Å². The molecule has 0 aromatic heterocycles. The number of ether oxygens (including phenoxy) is 1. The zero-order valence-corrected chi connectivity index (χ0v) is 11.4. The van der Waals surface area contributed by atoms with E-state index in [1.165, 1.54) is 11.6 Å². The maximum atomic E-state index is 13.6. The average molecular weight is 259 g/mol. The van der Waals surface area contributed by atoms with Crippen molar-refractivity contribution in [2.75, 3.05) is 7.05 Å². The van der Waals surface area contributed by atoms with Crippen molar-refractivity contribution in [1.82, 2.24) is 5.32 Å². The number of benzene rings is 2. The predicted octanol–water partition coefficient (Wildman–Crippen LogP) is 4.21. The topological polar surface area (TPSA) is 21.3 Å². The lowest BCUT2D eigenvalue weighted by atomic mass is 10.1. The third-order valence-electron chi connectivity index (χ3n) is 3.13. The van der Waals surface area contributed by atoms with Gasteiger partial charge in [-0.2, -0.15) is 0 Å². The summed E-state index contributed by atoms with van der Waals surface area (Å²) in [6.45, 7) is 3.99. The van der Waals surface area contributed by atoms with Gasteiger partial charge in [0.05, 0.1) is 0 Å². The second-order valence-corrected chi connectivity index (χ2v) is 4.62. The maximum Gasteiger partial charge on any atom is 0.165 e. The number of aryl methyl sites for hydroxylation is 1. The van der Waals surface area contributed by atoms with E-state index in [1.807, 2.05) is 38.2 Å². The van der Waals surface area contributed by atoms with E-state index in [1.54, 1.807) is 12.1 Å². The molecule has 2 rings (SSSR count). The third kappa shape index (κ3) is 3.32. The zero-order valence-electron chi connectivity index (χ0n) is 11.4. The summed E-state index contributed by atoms with van der Waals surface area (Å²) in [5.41, 5.74) is 2.14. The van der Waals surface area contributed by atoms with E-state index in [9.17, 15) is 4.39 Å². The molecule has 0 saturated carbocycles. The minimum absolute atomic E-state index is 0.259. The van der Waals surface area contributed by atoms with Crippen molar-refractivity contribution >= 4 is 0 Å². The Morgan fingerprint density at radius 2 is 1.79 bits per heavy atom. The molecule has 0 aliphatic carbocycles. The van der Waals surface area contributed by atoms with Gasteiger partial charge in [-0.1, -0.05) is 18.2 Å². The normalized spacial score (nSPS) is 12.2. The van der Waals surface area contributed by atoms with Crippen molar-refractivity contribution < 1.29 is 9.13 Å². The zero-order chi connectivity index (χ0) is 13.8. The molecule has 1 unspecified atom stereocenters. The Morgan fingerprint density at radius 1 is 1.11 bits per heavy atom. The number of hydrogen-bond acceptors (Lipinski definition) is 2. The highest BCUT2D eigenvalue weighted by Gasteiger charge is 2.06. The van der Waals surface area contributed by atoms with Gasteiger partial charge in [-0.3, -0.25) is 0 Å². The molecule has 0 heterocycles. The average Bonchev–Trinajstić information content (AvgIpc) is 2.43. The quantitative estimate of drug-likeness (QED) is 0.888. The van der Waals surface area contributed by atoms with E-state index in [0.717, 1.165) is 5.56 Å². The Balaban J connectivity index is 2.17. The number of nitrogens with one attached hydrogen (secondary N) is 1. The summed E-state index contributed by atoms with van der Waals surface area (Å²) in [6, 6.07) is 12.8. The van der Waals surface area contributed by atoms with Crippen molar-refractivity contribution in [2.45, 2.75) is 19.9 Å². The standard InChI is InChI=1S/C16H18FNO/c1-11-4-9-15(17)16(10-11)19-14-7-5-13(6-8-14)12(2)18-3/h4-10,12,18H,1-3H3. The highest BCUT2D eigenvalue weighted by Crippen LogP contribution is 2.26. The first-order valence-electron chi connectivity index (χ1n) is 6.31. The summed E-state index contributed by atoms with van der Waals surface area (Å²) in [7, 11) is 1.91. The molecule has 0 spiro atoms. The highest BCUT2D eigenvalue weighted by molar-refractivity contribution is 5.36. The fourth-order valence-electron chi connectivity index (χ4n) is 1.81. The van der Waals surface area contributed by atoms with Gasteiger partial charge in [-0.05, 0) is 56.3 Å². The van der Waals surface area contributed by atoms with Crippen molar-refractivity contribution in [2.24, 2.45) is 0 Å². The molecule has 0 saturated heterocycles. The van der Waals surface area contributed by atoms with Crippen LogP contribution in [0.4, 0.5) is 4.39 Å². The minimum atomic E-state index is -0.349. The van der Waals surface area contributed by atoms with Gasteiger partial charge in [0.25, 0.3) is 0 Å². The molecule has 1 atom stereocenters. The molecule has 2 aromatic carbocycles. The fraction of sp³-hybridized carbons (Fsp3) is 0.250. The summed E-state index contributed by atoms with van der Waals surface area (Å²) in [5.74, 6) is 0.546. The van der Waals surface area contributed by atoms with Gasteiger partial charge in [0.1, 0.15) is 5.75 Å². The molecule has 0 radical (unpaired) electrons. The summed E-state index contributed by atoms with van der Waals surface area (Å²) in [4.78, 5) is 0. The third-order valence-corrected chi connectivity index (χ3v) is 3.13. The number of halogens is 1.